The first kappa shape index (κ1) is 15.2. The summed E-state index contributed by atoms with van der Waals surface area (Å²) in [6.45, 7) is 0. The molecule has 1 aromatic rings. The van der Waals surface area contributed by atoms with E-state index in [2.05, 4.69) is 17.3 Å². The van der Waals surface area contributed by atoms with Gasteiger partial charge in [0.2, 0.25) is 0 Å². The maximum absolute atomic E-state index is 12.8. The van der Waals surface area contributed by atoms with E-state index in [0.29, 0.717) is 11.8 Å². The number of phenols is 1. The van der Waals surface area contributed by atoms with Crippen LogP contribution in [-0.2, 0) is 9.59 Å². The molecular formula is C18H15N3O5. The van der Waals surface area contributed by atoms with Gasteiger partial charge in [-0.3, -0.25) is 19.7 Å². The van der Waals surface area contributed by atoms with E-state index < -0.39 is 4.92 Å². The first-order chi connectivity index (χ1) is 12.5. The molecule has 1 aromatic carbocycles. The Labute approximate surface area is 147 Å². The summed E-state index contributed by atoms with van der Waals surface area (Å²) >= 11 is 0. The second kappa shape index (κ2) is 5.00. The fourth-order valence-electron chi connectivity index (χ4n) is 4.93. The number of imide groups is 1. The number of aromatic hydroxyl groups is 1. The van der Waals surface area contributed by atoms with Crippen molar-refractivity contribution >= 4 is 23.7 Å². The number of nitro benzene ring substituents is 1. The number of hydrazone groups is 1. The lowest BCUT2D eigenvalue weighted by molar-refractivity contribution is -0.384. The third-order valence-corrected chi connectivity index (χ3v) is 6.17. The minimum Gasteiger partial charge on any atom is -0.507 e. The average molecular weight is 353 g/mol. The molecule has 3 fully saturated rings. The molecule has 0 radical (unpaired) electrons. The molecule has 6 atom stereocenters. The Hall–Kier alpha value is -3.03. The summed E-state index contributed by atoms with van der Waals surface area (Å²) in [4.78, 5) is 35.8. The van der Waals surface area contributed by atoms with Crippen LogP contribution in [0, 0.1) is 45.6 Å². The average Bonchev–Trinajstić information content (AvgIpc) is 3.40. The Kier molecular flexibility index (Phi) is 2.93. The normalized spacial score (nSPS) is 36.5. The highest BCUT2D eigenvalue weighted by molar-refractivity contribution is 6.06. The highest BCUT2D eigenvalue weighted by Crippen LogP contribution is 2.65. The van der Waals surface area contributed by atoms with E-state index in [1.54, 1.807) is 0 Å². The summed E-state index contributed by atoms with van der Waals surface area (Å²) in [5.41, 5.74) is -0.127. The van der Waals surface area contributed by atoms with Gasteiger partial charge in [0, 0.05) is 17.7 Å². The van der Waals surface area contributed by atoms with Gasteiger partial charge in [0.05, 0.1) is 23.0 Å². The van der Waals surface area contributed by atoms with Gasteiger partial charge in [-0.25, -0.2) is 0 Å². The zero-order chi connectivity index (χ0) is 18.2. The van der Waals surface area contributed by atoms with E-state index in [1.807, 2.05) is 0 Å². The molecule has 1 aliphatic heterocycles. The second-order valence-electron chi connectivity index (χ2n) is 7.39. The van der Waals surface area contributed by atoms with E-state index >= 15 is 0 Å². The molecule has 4 aliphatic carbocycles. The van der Waals surface area contributed by atoms with Crippen molar-refractivity contribution in [1.29, 1.82) is 0 Å². The Morgan fingerprint density at radius 2 is 1.77 bits per heavy atom. The number of nitro groups is 1. The summed E-state index contributed by atoms with van der Waals surface area (Å²) in [6, 6.07) is 3.50. The number of phenolic OH excluding ortho intramolecular Hbond substituents is 1. The minimum absolute atomic E-state index is 0.0821. The van der Waals surface area contributed by atoms with Crippen LogP contribution >= 0.6 is 0 Å². The molecule has 26 heavy (non-hydrogen) atoms. The standard InChI is InChI=1S/C18H15N3O5/c22-14-4-1-9(21(25)26)5-8(14)7-19-20-17(23)15-10-2-3-11(13-6-12(10)13)16(15)18(20)24/h1-5,7,10-13,15-16,22H,6H2/b19-7+. The van der Waals surface area contributed by atoms with Crippen molar-refractivity contribution in [3.05, 3.63) is 46.0 Å². The fraction of sp³-hybridized carbons (Fsp3) is 0.389. The SMILES string of the molecule is O=C1C2C3C=CC(C4CC34)C2C(=O)N1/N=C/c1cc([N+](=O)[O-])ccc1O. The van der Waals surface area contributed by atoms with Crippen molar-refractivity contribution in [2.24, 2.45) is 40.6 Å². The number of benzene rings is 1. The van der Waals surface area contributed by atoms with Crippen molar-refractivity contribution in [2.45, 2.75) is 6.42 Å². The molecular weight excluding hydrogens is 338 g/mol. The van der Waals surface area contributed by atoms with Gasteiger partial charge < -0.3 is 5.11 Å². The molecule has 0 aromatic heterocycles. The van der Waals surface area contributed by atoms with Crippen LogP contribution in [0.15, 0.2) is 35.5 Å². The zero-order valence-electron chi connectivity index (χ0n) is 13.6. The number of rotatable bonds is 3. The van der Waals surface area contributed by atoms with Crippen LogP contribution in [0.5, 0.6) is 5.75 Å². The largest absolute Gasteiger partial charge is 0.507 e. The molecule has 5 aliphatic rings. The minimum atomic E-state index is -0.590. The van der Waals surface area contributed by atoms with Crippen molar-refractivity contribution in [3.63, 3.8) is 0 Å². The van der Waals surface area contributed by atoms with Gasteiger partial charge in [-0.1, -0.05) is 12.2 Å². The lowest BCUT2D eigenvalue weighted by atomic mass is 9.63. The molecule has 1 N–H and O–H groups in total. The molecule has 6 rings (SSSR count). The van der Waals surface area contributed by atoms with Crippen LogP contribution < -0.4 is 0 Å². The number of non-ortho nitro benzene ring substituents is 1. The first-order valence-electron chi connectivity index (χ1n) is 8.55. The molecule has 2 amide bonds. The zero-order valence-corrected chi connectivity index (χ0v) is 13.6. The van der Waals surface area contributed by atoms with Crippen molar-refractivity contribution in [1.82, 2.24) is 5.01 Å². The molecule has 1 heterocycles. The topological polar surface area (TPSA) is 113 Å². The molecule has 2 saturated carbocycles. The summed E-state index contributed by atoms with van der Waals surface area (Å²) in [7, 11) is 0. The van der Waals surface area contributed by atoms with E-state index in [9.17, 15) is 24.8 Å². The summed E-state index contributed by atoms with van der Waals surface area (Å²) in [5, 5.41) is 25.6. The molecule has 1 saturated heterocycles. The quantitative estimate of drug-likeness (QED) is 0.292. The van der Waals surface area contributed by atoms with Crippen LogP contribution in [0.25, 0.3) is 0 Å². The number of hydrogen-bond donors (Lipinski definition) is 1. The van der Waals surface area contributed by atoms with Gasteiger partial charge in [0.25, 0.3) is 17.5 Å². The molecule has 6 unspecified atom stereocenters. The van der Waals surface area contributed by atoms with Gasteiger partial charge in [-0.2, -0.15) is 10.1 Å². The van der Waals surface area contributed by atoms with E-state index in [4.69, 9.17) is 0 Å². The highest BCUT2D eigenvalue weighted by atomic mass is 16.6. The van der Waals surface area contributed by atoms with Gasteiger partial charge >= 0.3 is 0 Å². The van der Waals surface area contributed by atoms with Gasteiger partial charge in [-0.05, 0) is 36.2 Å². The lowest BCUT2D eigenvalue weighted by Crippen LogP contribution is -2.40. The van der Waals surface area contributed by atoms with E-state index in [-0.39, 0.29) is 52.5 Å². The molecule has 0 spiro atoms. The number of nitrogens with zero attached hydrogens (tertiary/aromatic N) is 3. The maximum Gasteiger partial charge on any atom is 0.270 e. The first-order valence-corrected chi connectivity index (χ1v) is 8.55. The fourth-order valence-corrected chi connectivity index (χ4v) is 4.93. The van der Waals surface area contributed by atoms with Crippen LogP contribution in [0.2, 0.25) is 0 Å². The Morgan fingerprint density at radius 3 is 2.35 bits per heavy atom. The predicted molar refractivity (Wildman–Crippen MR) is 88.9 cm³/mol. The lowest BCUT2D eigenvalue weighted by Gasteiger charge is -2.37. The number of hydrogen-bond acceptors (Lipinski definition) is 6. The number of amides is 2. The van der Waals surface area contributed by atoms with Crippen molar-refractivity contribution < 1.29 is 19.6 Å². The Bertz CT molecular complexity index is 887. The van der Waals surface area contributed by atoms with Crippen molar-refractivity contribution in [2.75, 3.05) is 0 Å². The van der Waals surface area contributed by atoms with Crippen LogP contribution in [0.1, 0.15) is 12.0 Å². The van der Waals surface area contributed by atoms with Crippen LogP contribution in [0.4, 0.5) is 5.69 Å². The Morgan fingerprint density at radius 1 is 1.15 bits per heavy atom. The Balaban J connectivity index is 1.45. The van der Waals surface area contributed by atoms with E-state index in [0.717, 1.165) is 23.7 Å². The number of carbonyl (C=O) groups excluding carboxylic acids is 2. The third kappa shape index (κ3) is 1.92. The molecule has 8 nitrogen and oxygen atoms in total. The second-order valence-corrected chi connectivity index (χ2v) is 7.39. The third-order valence-electron chi connectivity index (χ3n) is 6.17. The van der Waals surface area contributed by atoms with Crippen LogP contribution in [0.3, 0.4) is 0 Å². The van der Waals surface area contributed by atoms with Gasteiger partial charge in [0.15, 0.2) is 0 Å². The summed E-state index contributed by atoms with van der Waals surface area (Å²) in [6.07, 6.45) is 6.36. The number of carbonyl (C=O) groups is 2. The van der Waals surface area contributed by atoms with Gasteiger partial charge in [-0.15, -0.1) is 0 Å². The number of allylic oxidation sites excluding steroid dienone is 2. The van der Waals surface area contributed by atoms with Crippen molar-refractivity contribution in [3.8, 4) is 5.75 Å². The smallest absolute Gasteiger partial charge is 0.270 e. The molecule has 2 bridgehead atoms. The maximum atomic E-state index is 12.8. The summed E-state index contributed by atoms with van der Waals surface area (Å²) in [5.74, 6) is -0.305. The van der Waals surface area contributed by atoms with Crippen LogP contribution in [-0.4, -0.2) is 33.1 Å². The van der Waals surface area contributed by atoms with Gasteiger partial charge in [0.1, 0.15) is 5.75 Å². The highest BCUT2D eigenvalue weighted by Gasteiger charge is 2.67. The molecule has 132 valence electrons. The monoisotopic (exact) mass is 353 g/mol. The summed E-state index contributed by atoms with van der Waals surface area (Å²) < 4.78 is 0. The molecule has 8 heteroatoms. The van der Waals surface area contributed by atoms with E-state index in [1.165, 1.54) is 12.1 Å². The predicted octanol–water partition coefficient (Wildman–Crippen LogP) is 1.69.